The van der Waals surface area contributed by atoms with E-state index in [4.69, 9.17) is 14.0 Å². The minimum atomic E-state index is -0.350. The molecule has 3 rings (SSSR count). The molecule has 9 heteroatoms. The fraction of sp³-hybridized carbons (Fsp3) is 0.588. The van der Waals surface area contributed by atoms with E-state index in [-0.39, 0.29) is 41.6 Å². The molecule has 1 fully saturated rings. The fourth-order valence-corrected chi connectivity index (χ4v) is 6.51. The molecule has 0 aliphatic carbocycles. The lowest BCUT2D eigenvalue weighted by atomic mass is 9.81. The van der Waals surface area contributed by atoms with Gasteiger partial charge in [-0.2, -0.15) is 0 Å². The van der Waals surface area contributed by atoms with Crippen molar-refractivity contribution in [3.8, 4) is 5.75 Å². The molecule has 0 spiro atoms. The lowest BCUT2D eigenvalue weighted by molar-refractivity contribution is 0.00578. The van der Waals surface area contributed by atoms with Crippen molar-refractivity contribution < 1.29 is 23.6 Å². The summed E-state index contributed by atoms with van der Waals surface area (Å²) < 4.78 is 19.1. The van der Waals surface area contributed by atoms with Crippen LogP contribution in [0.1, 0.15) is 112 Å². The number of hydrogen-bond acceptors (Lipinski definition) is 5. The lowest BCUT2D eigenvalue weighted by Gasteiger charge is -2.40. The first-order chi connectivity index (χ1) is 19.9. The van der Waals surface area contributed by atoms with Crippen LogP contribution < -0.4 is 10.2 Å². The molecule has 2 aromatic rings. The smallest absolute Gasteiger partial charge is 0.457 e. The van der Waals surface area contributed by atoms with E-state index in [1.54, 1.807) is 12.1 Å². The van der Waals surface area contributed by atoms with Gasteiger partial charge in [0.1, 0.15) is 5.75 Å². The average Bonchev–Trinajstić information content (AvgIpc) is 3.10. The predicted octanol–water partition coefficient (Wildman–Crippen LogP) is 7.94. The van der Waals surface area contributed by atoms with E-state index in [2.05, 4.69) is 83.4 Å². The summed E-state index contributed by atoms with van der Waals surface area (Å²) in [7, 11) is 1.38. The van der Waals surface area contributed by atoms with Crippen LogP contribution in [-0.4, -0.2) is 48.3 Å². The fourth-order valence-electron chi connectivity index (χ4n) is 5.68. The van der Waals surface area contributed by atoms with Crippen molar-refractivity contribution in [2.24, 2.45) is 5.41 Å². The maximum atomic E-state index is 14.0. The van der Waals surface area contributed by atoms with Gasteiger partial charge in [0, 0.05) is 20.3 Å². The molecule has 236 valence electrons. The Balaban J connectivity index is 1.85. The number of carbonyl (C=O) groups excluding carboxylic acids is 2. The largest absolute Gasteiger partial charge is 0.496 e. The summed E-state index contributed by atoms with van der Waals surface area (Å²) in [4.78, 5) is 27.9. The van der Waals surface area contributed by atoms with E-state index >= 15 is 0 Å². The summed E-state index contributed by atoms with van der Waals surface area (Å²) in [5.74, 6) is 0.140. The van der Waals surface area contributed by atoms with Crippen LogP contribution in [0.15, 0.2) is 30.3 Å². The molecule has 43 heavy (non-hydrogen) atoms. The van der Waals surface area contributed by atoms with E-state index in [0.717, 1.165) is 52.3 Å². The maximum Gasteiger partial charge on any atom is 0.457 e. The summed E-state index contributed by atoms with van der Waals surface area (Å²) in [6.45, 7) is 20.5. The molecule has 0 aromatic heterocycles. The van der Waals surface area contributed by atoms with Gasteiger partial charge in [-0.3, -0.25) is 15.0 Å². The molecule has 2 aromatic carbocycles. The molecule has 0 bridgehead atoms. The molecule has 1 aliphatic heterocycles. The Labute approximate surface area is 273 Å². The van der Waals surface area contributed by atoms with E-state index in [1.807, 2.05) is 44.2 Å². The molecule has 1 N–H and O–H groups in total. The summed E-state index contributed by atoms with van der Waals surface area (Å²) in [5, 5.41) is 1.56. The first-order valence-electron chi connectivity index (χ1n) is 15.4. The molecule has 1 aliphatic rings. The van der Waals surface area contributed by atoms with Crippen LogP contribution in [0.2, 0.25) is 6.32 Å². The maximum absolute atomic E-state index is 14.0. The second-order valence-corrected chi connectivity index (χ2v) is 15.1. The van der Waals surface area contributed by atoms with Crippen LogP contribution in [0.3, 0.4) is 0 Å². The summed E-state index contributed by atoms with van der Waals surface area (Å²) >= 11 is 2.23. The normalized spacial score (nSPS) is 16.6. The molecule has 7 nitrogen and oxygen atoms in total. The quantitative estimate of drug-likeness (QED) is 0.155. The Kier molecular flexibility index (Phi) is 11.4. The molecular formula is C34H50BIN2O5. The van der Waals surface area contributed by atoms with Crippen LogP contribution in [0.4, 0.5) is 0 Å². The van der Waals surface area contributed by atoms with Gasteiger partial charge in [0.2, 0.25) is 0 Å². The molecule has 2 amide bonds. The van der Waals surface area contributed by atoms with Crippen LogP contribution in [-0.2, 0) is 15.7 Å². The third-order valence-electron chi connectivity index (χ3n) is 8.73. The van der Waals surface area contributed by atoms with Crippen molar-refractivity contribution in [2.45, 2.75) is 118 Å². The van der Waals surface area contributed by atoms with Crippen molar-refractivity contribution in [2.75, 3.05) is 7.11 Å². The third kappa shape index (κ3) is 8.34. The van der Waals surface area contributed by atoms with Gasteiger partial charge in [-0.25, -0.2) is 5.01 Å². The topological polar surface area (TPSA) is 77.1 Å². The molecule has 0 saturated carbocycles. The summed E-state index contributed by atoms with van der Waals surface area (Å²) in [6, 6.07) is 9.35. The Hall–Kier alpha value is -2.11. The number of hydrogen-bond donors (Lipinski definition) is 1. The summed E-state index contributed by atoms with van der Waals surface area (Å²) in [5.41, 5.74) is 5.86. The molecule has 1 atom stereocenters. The summed E-state index contributed by atoms with van der Waals surface area (Å²) in [6.07, 6.45) is 4.00. The Morgan fingerprint density at radius 2 is 1.70 bits per heavy atom. The van der Waals surface area contributed by atoms with E-state index in [0.29, 0.717) is 16.9 Å². The minimum Gasteiger partial charge on any atom is -0.496 e. The average molecular weight is 704 g/mol. The number of methoxy groups -OCH3 is 1. The Bertz CT molecular complexity index is 1280. The highest BCUT2D eigenvalue weighted by molar-refractivity contribution is 14.1. The molecular weight excluding hydrogens is 654 g/mol. The van der Waals surface area contributed by atoms with Gasteiger partial charge in [-0.15, -0.1) is 0 Å². The Morgan fingerprint density at radius 1 is 1.07 bits per heavy atom. The van der Waals surface area contributed by atoms with Gasteiger partial charge < -0.3 is 14.0 Å². The molecule has 1 heterocycles. The highest BCUT2D eigenvalue weighted by atomic mass is 127. The SMILES string of the molecule is CCC[C@@H](N(NC(=O)c1ccc(CCCB2OC(C)(C)C(C)(C)O2)c(OC)c1C)C(=O)c1cc(C)cc(I)c1)C(C)(C)C. The zero-order valence-corrected chi connectivity index (χ0v) is 30.1. The van der Waals surface area contributed by atoms with E-state index in [9.17, 15) is 9.59 Å². The van der Waals surface area contributed by atoms with Crippen molar-refractivity contribution >= 4 is 41.5 Å². The monoisotopic (exact) mass is 704 g/mol. The second kappa shape index (κ2) is 13.9. The number of carbonyl (C=O) groups is 2. The Morgan fingerprint density at radius 3 is 2.23 bits per heavy atom. The number of aryl methyl sites for hydroxylation is 2. The first kappa shape index (κ1) is 35.4. The van der Waals surface area contributed by atoms with Gasteiger partial charge >= 0.3 is 7.12 Å². The minimum absolute atomic E-state index is 0.205. The molecule has 0 unspecified atom stereocenters. The van der Waals surface area contributed by atoms with E-state index in [1.165, 1.54) is 0 Å². The number of benzene rings is 2. The third-order valence-corrected chi connectivity index (χ3v) is 9.35. The van der Waals surface area contributed by atoms with E-state index < -0.39 is 0 Å². The highest BCUT2D eigenvalue weighted by Gasteiger charge is 2.50. The standard InChI is InChI=1S/C34H50BIN2O5/c1-12-14-28(32(4,5)6)38(31(40)25-19-22(2)20-26(36)21-25)37-30(39)27-17-16-24(29(41-11)23(27)3)15-13-18-35-42-33(7,8)34(9,10)43-35/h16-17,19-21,28H,12-15,18H2,1-11H3,(H,37,39)/t28-/m1/s1. The van der Waals surface area contributed by atoms with Gasteiger partial charge in [0.05, 0.1) is 24.4 Å². The zero-order chi connectivity index (χ0) is 32.3. The van der Waals surface area contributed by atoms with Gasteiger partial charge in [-0.1, -0.05) is 46.6 Å². The molecule has 0 radical (unpaired) electrons. The van der Waals surface area contributed by atoms with Crippen LogP contribution in [0.25, 0.3) is 0 Å². The number of hydrazine groups is 1. The van der Waals surface area contributed by atoms with Crippen molar-refractivity contribution in [3.05, 3.63) is 61.7 Å². The second-order valence-electron chi connectivity index (χ2n) is 13.8. The van der Waals surface area contributed by atoms with Crippen LogP contribution >= 0.6 is 22.6 Å². The number of nitrogens with one attached hydrogen (secondary N) is 1. The van der Waals surface area contributed by atoms with Crippen LogP contribution in [0.5, 0.6) is 5.75 Å². The highest BCUT2D eigenvalue weighted by Crippen LogP contribution is 2.38. The van der Waals surface area contributed by atoms with Crippen molar-refractivity contribution in [3.63, 3.8) is 0 Å². The first-order valence-corrected chi connectivity index (χ1v) is 16.4. The number of rotatable bonds is 10. The van der Waals surface area contributed by atoms with Gasteiger partial charge in [0.15, 0.2) is 0 Å². The van der Waals surface area contributed by atoms with Crippen LogP contribution in [0, 0.1) is 22.8 Å². The molecule has 1 saturated heterocycles. The number of ether oxygens (including phenoxy) is 1. The lowest BCUT2D eigenvalue weighted by Crippen LogP contribution is -2.56. The number of amides is 2. The zero-order valence-electron chi connectivity index (χ0n) is 27.9. The number of nitrogens with zero attached hydrogens (tertiary/aromatic N) is 1. The van der Waals surface area contributed by atoms with Gasteiger partial charge in [0.25, 0.3) is 11.8 Å². The number of halogens is 1. The van der Waals surface area contributed by atoms with Crippen molar-refractivity contribution in [1.29, 1.82) is 0 Å². The van der Waals surface area contributed by atoms with Gasteiger partial charge in [-0.05, 0) is 124 Å². The predicted molar refractivity (Wildman–Crippen MR) is 183 cm³/mol. The van der Waals surface area contributed by atoms with Crippen molar-refractivity contribution in [1.82, 2.24) is 10.4 Å².